The number of unbranched alkanes of at least 4 members (excludes halogenated alkanes) is 1. The molecule has 3 nitrogen and oxygen atoms in total. The third kappa shape index (κ3) is 5.28. The Morgan fingerprint density at radius 1 is 1.38 bits per heavy atom. The molecule has 1 aliphatic rings. The van der Waals surface area contributed by atoms with Crippen molar-refractivity contribution in [2.45, 2.75) is 51.2 Å². The van der Waals surface area contributed by atoms with Gasteiger partial charge in [0, 0.05) is 12.6 Å². The van der Waals surface area contributed by atoms with Gasteiger partial charge in [0.25, 0.3) is 0 Å². The summed E-state index contributed by atoms with van der Waals surface area (Å²) in [5.74, 6) is 0. The molecule has 0 aromatic rings. The highest BCUT2D eigenvalue weighted by molar-refractivity contribution is 4.77. The smallest absolute Gasteiger partial charge is 0.0512 e. The maximum Gasteiger partial charge on any atom is 0.0512 e. The van der Waals surface area contributed by atoms with Gasteiger partial charge in [-0.25, -0.2) is 0 Å². The van der Waals surface area contributed by atoms with Gasteiger partial charge >= 0.3 is 0 Å². The van der Waals surface area contributed by atoms with E-state index in [1.54, 1.807) is 0 Å². The van der Waals surface area contributed by atoms with Crippen molar-refractivity contribution in [3.63, 3.8) is 0 Å². The summed E-state index contributed by atoms with van der Waals surface area (Å²) in [4.78, 5) is 4.93. The topological polar surface area (TPSA) is 26.7 Å². The lowest BCUT2D eigenvalue weighted by Crippen LogP contribution is -2.45. The van der Waals surface area contributed by atoms with Crippen LogP contribution in [0.4, 0.5) is 0 Å². The summed E-state index contributed by atoms with van der Waals surface area (Å²) in [6.45, 7) is 5.57. The van der Waals surface area contributed by atoms with Crippen LogP contribution in [0.3, 0.4) is 0 Å². The van der Waals surface area contributed by atoms with Crippen LogP contribution in [-0.4, -0.2) is 60.8 Å². The molecule has 1 rings (SSSR count). The minimum atomic E-state index is -0.129. The van der Waals surface area contributed by atoms with E-state index in [1.165, 1.54) is 38.9 Å². The number of piperidine rings is 1. The summed E-state index contributed by atoms with van der Waals surface area (Å²) in [5, 5.41) is 9.18. The zero-order valence-electron chi connectivity index (χ0n) is 11.2. The first-order valence-electron chi connectivity index (χ1n) is 6.66. The fraction of sp³-hybridized carbons (Fsp3) is 1.00. The molecule has 3 heteroatoms. The lowest BCUT2D eigenvalue weighted by Gasteiger charge is -2.36. The van der Waals surface area contributed by atoms with Crippen molar-refractivity contribution in [2.75, 3.05) is 33.7 Å². The minimum absolute atomic E-state index is 0.129. The van der Waals surface area contributed by atoms with Crippen LogP contribution in [0.2, 0.25) is 0 Å². The molecule has 16 heavy (non-hydrogen) atoms. The molecule has 0 aliphatic carbocycles. The van der Waals surface area contributed by atoms with E-state index in [0.29, 0.717) is 0 Å². The average molecular weight is 228 g/mol. The Kier molecular flexibility index (Phi) is 6.32. The normalized spacial score (nSPS) is 24.9. The summed E-state index contributed by atoms with van der Waals surface area (Å²) in [7, 11) is 4.36. The number of likely N-dealkylation sites (tertiary alicyclic amines) is 1. The van der Waals surface area contributed by atoms with Crippen molar-refractivity contribution >= 4 is 0 Å². The van der Waals surface area contributed by atoms with Crippen LogP contribution in [0, 0.1) is 0 Å². The molecule has 1 saturated heterocycles. The Morgan fingerprint density at radius 2 is 2.12 bits per heavy atom. The van der Waals surface area contributed by atoms with E-state index in [-0.39, 0.29) is 6.10 Å². The quantitative estimate of drug-likeness (QED) is 0.699. The maximum absolute atomic E-state index is 9.18. The molecule has 1 N–H and O–H groups in total. The van der Waals surface area contributed by atoms with Crippen LogP contribution in [0.5, 0.6) is 0 Å². The van der Waals surface area contributed by atoms with Crippen LogP contribution >= 0.6 is 0 Å². The number of nitrogens with zero attached hydrogens (tertiary/aromatic N) is 2. The molecule has 2 unspecified atom stereocenters. The van der Waals surface area contributed by atoms with Gasteiger partial charge in [-0.3, -0.25) is 0 Å². The van der Waals surface area contributed by atoms with Gasteiger partial charge in [0.15, 0.2) is 0 Å². The van der Waals surface area contributed by atoms with Gasteiger partial charge in [0.05, 0.1) is 6.10 Å². The number of aliphatic hydroxyl groups is 1. The van der Waals surface area contributed by atoms with Crippen molar-refractivity contribution in [1.29, 1.82) is 0 Å². The first-order valence-corrected chi connectivity index (χ1v) is 6.66. The van der Waals surface area contributed by atoms with Crippen LogP contribution in [0.1, 0.15) is 39.0 Å². The summed E-state index contributed by atoms with van der Waals surface area (Å²) in [6, 6.07) is 0.741. The zero-order valence-corrected chi connectivity index (χ0v) is 11.2. The molecule has 0 radical (unpaired) electrons. The molecular formula is C13H28N2O. The fourth-order valence-electron chi connectivity index (χ4n) is 2.43. The van der Waals surface area contributed by atoms with Crippen molar-refractivity contribution in [3.8, 4) is 0 Å². The Morgan fingerprint density at radius 3 is 2.75 bits per heavy atom. The number of rotatable bonds is 6. The van der Waals surface area contributed by atoms with E-state index in [9.17, 15) is 5.11 Å². The Hall–Kier alpha value is -0.120. The van der Waals surface area contributed by atoms with E-state index < -0.39 is 0 Å². The minimum Gasteiger partial charge on any atom is -0.393 e. The number of aliphatic hydroxyl groups excluding tert-OH is 1. The number of likely N-dealkylation sites (N-methyl/N-ethyl adjacent to an activating group) is 1. The molecule has 0 amide bonds. The highest BCUT2D eigenvalue weighted by Gasteiger charge is 2.20. The third-order valence-corrected chi connectivity index (χ3v) is 3.56. The second-order valence-electron chi connectivity index (χ2n) is 5.41. The summed E-state index contributed by atoms with van der Waals surface area (Å²) in [6.07, 6.45) is 5.88. The number of hydrogen-bond acceptors (Lipinski definition) is 3. The summed E-state index contributed by atoms with van der Waals surface area (Å²) < 4.78 is 0. The fourth-order valence-corrected chi connectivity index (χ4v) is 2.43. The molecule has 1 heterocycles. The van der Waals surface area contributed by atoms with E-state index >= 15 is 0 Å². The predicted octanol–water partition coefficient (Wildman–Crippen LogP) is 1.56. The Labute approximate surface area is 100 Å². The van der Waals surface area contributed by atoms with Crippen molar-refractivity contribution < 1.29 is 5.11 Å². The molecule has 0 aromatic heterocycles. The van der Waals surface area contributed by atoms with E-state index in [1.807, 2.05) is 6.92 Å². The molecule has 0 spiro atoms. The average Bonchev–Trinajstić information content (AvgIpc) is 2.24. The van der Waals surface area contributed by atoms with Crippen molar-refractivity contribution in [3.05, 3.63) is 0 Å². The van der Waals surface area contributed by atoms with Gasteiger partial charge in [-0.2, -0.15) is 0 Å². The molecule has 1 fully saturated rings. The van der Waals surface area contributed by atoms with Gasteiger partial charge in [0.1, 0.15) is 0 Å². The van der Waals surface area contributed by atoms with Gasteiger partial charge < -0.3 is 14.9 Å². The van der Waals surface area contributed by atoms with Crippen LogP contribution < -0.4 is 0 Å². The second-order valence-corrected chi connectivity index (χ2v) is 5.41. The van der Waals surface area contributed by atoms with Crippen LogP contribution in [0.15, 0.2) is 0 Å². The lowest BCUT2D eigenvalue weighted by atomic mass is 10.0. The molecule has 0 saturated carbocycles. The first-order chi connectivity index (χ1) is 7.59. The van der Waals surface area contributed by atoms with Crippen molar-refractivity contribution in [2.24, 2.45) is 0 Å². The first kappa shape index (κ1) is 13.9. The molecule has 2 atom stereocenters. The van der Waals surface area contributed by atoms with Crippen LogP contribution in [0.25, 0.3) is 0 Å². The molecule has 0 bridgehead atoms. The molecular weight excluding hydrogens is 200 g/mol. The highest BCUT2D eigenvalue weighted by atomic mass is 16.3. The maximum atomic E-state index is 9.18. The van der Waals surface area contributed by atoms with E-state index in [0.717, 1.165) is 18.9 Å². The lowest BCUT2D eigenvalue weighted by molar-refractivity contribution is 0.128. The van der Waals surface area contributed by atoms with Crippen LogP contribution in [-0.2, 0) is 0 Å². The summed E-state index contributed by atoms with van der Waals surface area (Å²) in [5.41, 5.74) is 0. The Balaban J connectivity index is 2.12. The second kappa shape index (κ2) is 7.25. The van der Waals surface area contributed by atoms with Gasteiger partial charge in [-0.05, 0) is 66.2 Å². The monoisotopic (exact) mass is 228 g/mol. The predicted molar refractivity (Wildman–Crippen MR) is 68.7 cm³/mol. The highest BCUT2D eigenvalue weighted by Crippen LogP contribution is 2.14. The van der Waals surface area contributed by atoms with E-state index in [2.05, 4.69) is 23.9 Å². The van der Waals surface area contributed by atoms with Gasteiger partial charge in [-0.15, -0.1) is 0 Å². The van der Waals surface area contributed by atoms with Gasteiger partial charge in [-0.1, -0.05) is 0 Å². The summed E-state index contributed by atoms with van der Waals surface area (Å²) >= 11 is 0. The molecule has 0 aromatic carbocycles. The molecule has 96 valence electrons. The zero-order chi connectivity index (χ0) is 12.0. The number of hydrogen-bond donors (Lipinski definition) is 1. The van der Waals surface area contributed by atoms with Crippen molar-refractivity contribution in [1.82, 2.24) is 9.80 Å². The van der Waals surface area contributed by atoms with Gasteiger partial charge in [0.2, 0.25) is 0 Å². The van der Waals surface area contributed by atoms with E-state index in [4.69, 9.17) is 0 Å². The largest absolute Gasteiger partial charge is 0.393 e. The Bertz CT molecular complexity index is 183. The SMILES string of the molecule is CC(O)CCCCN1CCCC(N(C)C)C1. The molecule has 1 aliphatic heterocycles. The standard InChI is InChI=1S/C13H28N2O/c1-12(16)7-4-5-9-15-10-6-8-13(11-15)14(2)3/h12-13,16H,4-11H2,1-3H3. The third-order valence-electron chi connectivity index (χ3n) is 3.56.